The van der Waals surface area contributed by atoms with Crippen molar-refractivity contribution >= 4 is 23.8 Å². The van der Waals surface area contributed by atoms with E-state index in [9.17, 15) is 19.7 Å². The first-order valence-electron chi connectivity index (χ1n) is 8.90. The molecule has 0 saturated carbocycles. The fourth-order valence-electron chi connectivity index (χ4n) is 2.59. The van der Waals surface area contributed by atoms with Crippen LogP contribution in [0.5, 0.6) is 5.75 Å². The number of carbonyl (C=O) groups is 2. The van der Waals surface area contributed by atoms with E-state index < -0.39 is 22.5 Å². The molecule has 0 aliphatic rings. The monoisotopic (exact) mass is 403 g/mol. The molecule has 3 rings (SSSR count). The molecule has 1 amide bonds. The zero-order valence-corrected chi connectivity index (χ0v) is 15.9. The van der Waals surface area contributed by atoms with E-state index in [-0.39, 0.29) is 5.75 Å². The van der Waals surface area contributed by atoms with Crippen LogP contribution in [0.2, 0.25) is 0 Å². The third-order valence-electron chi connectivity index (χ3n) is 4.05. The Morgan fingerprint density at radius 3 is 2.43 bits per heavy atom. The summed E-state index contributed by atoms with van der Waals surface area (Å²) in [6, 6.07) is 19.2. The Hall–Kier alpha value is -4.33. The fourth-order valence-corrected chi connectivity index (χ4v) is 2.59. The maximum Gasteiger partial charge on any atom is 0.343 e. The van der Waals surface area contributed by atoms with Crippen LogP contribution in [0.3, 0.4) is 0 Å². The summed E-state index contributed by atoms with van der Waals surface area (Å²) in [6.45, 7) is 1.82. The lowest BCUT2D eigenvalue weighted by Gasteiger charge is -2.06. The number of esters is 1. The van der Waals surface area contributed by atoms with Gasteiger partial charge in [-0.25, -0.2) is 10.2 Å². The lowest BCUT2D eigenvalue weighted by atomic mass is 10.1. The highest BCUT2D eigenvalue weighted by molar-refractivity contribution is 5.95. The molecule has 0 fully saturated rings. The zero-order chi connectivity index (χ0) is 21.5. The lowest BCUT2D eigenvalue weighted by Crippen LogP contribution is -2.17. The van der Waals surface area contributed by atoms with E-state index in [4.69, 9.17) is 4.74 Å². The number of hydrogen-bond donors (Lipinski definition) is 1. The van der Waals surface area contributed by atoms with Crippen molar-refractivity contribution in [2.45, 2.75) is 6.92 Å². The summed E-state index contributed by atoms with van der Waals surface area (Å²) in [5, 5.41) is 15.2. The Labute approximate surface area is 172 Å². The third-order valence-corrected chi connectivity index (χ3v) is 4.05. The molecule has 3 aromatic carbocycles. The SMILES string of the molecule is Cc1cccc(C(=O)Oc2ccc(C=NNC(=O)c3ccccc3)cc2[N+](=O)[O-])c1. The molecule has 3 aromatic rings. The van der Waals surface area contributed by atoms with E-state index in [1.807, 2.05) is 13.0 Å². The summed E-state index contributed by atoms with van der Waals surface area (Å²) in [5.41, 5.74) is 3.89. The molecule has 0 unspecified atom stereocenters. The average molecular weight is 403 g/mol. The molecule has 1 N–H and O–H groups in total. The summed E-state index contributed by atoms with van der Waals surface area (Å²) in [5.74, 6) is -1.29. The zero-order valence-electron chi connectivity index (χ0n) is 15.9. The van der Waals surface area contributed by atoms with Gasteiger partial charge in [-0.05, 0) is 43.3 Å². The highest BCUT2D eigenvalue weighted by Gasteiger charge is 2.19. The van der Waals surface area contributed by atoms with E-state index in [2.05, 4.69) is 10.5 Å². The fraction of sp³-hybridized carbons (Fsp3) is 0.0455. The number of amides is 1. The summed E-state index contributed by atoms with van der Waals surface area (Å²) in [6.07, 6.45) is 1.26. The maximum atomic E-state index is 12.3. The lowest BCUT2D eigenvalue weighted by molar-refractivity contribution is -0.385. The molecule has 0 spiro atoms. The number of nitrogens with zero attached hydrogens (tertiary/aromatic N) is 2. The Kier molecular flexibility index (Phi) is 6.29. The first kappa shape index (κ1) is 20.4. The van der Waals surface area contributed by atoms with Crippen LogP contribution in [0.1, 0.15) is 31.8 Å². The van der Waals surface area contributed by atoms with Gasteiger partial charge in [-0.2, -0.15) is 5.10 Å². The van der Waals surface area contributed by atoms with Gasteiger partial charge in [-0.3, -0.25) is 14.9 Å². The second-order valence-electron chi connectivity index (χ2n) is 6.31. The largest absolute Gasteiger partial charge is 0.416 e. The van der Waals surface area contributed by atoms with Crippen molar-refractivity contribution in [3.8, 4) is 5.75 Å². The van der Waals surface area contributed by atoms with Gasteiger partial charge in [0.05, 0.1) is 16.7 Å². The summed E-state index contributed by atoms with van der Waals surface area (Å²) in [7, 11) is 0. The molecule has 0 heterocycles. The van der Waals surface area contributed by atoms with E-state index in [1.54, 1.807) is 48.5 Å². The van der Waals surface area contributed by atoms with Crippen LogP contribution in [0, 0.1) is 17.0 Å². The Morgan fingerprint density at radius 2 is 1.73 bits per heavy atom. The van der Waals surface area contributed by atoms with Crippen molar-refractivity contribution in [1.29, 1.82) is 0 Å². The molecule has 0 radical (unpaired) electrons. The van der Waals surface area contributed by atoms with Crippen LogP contribution in [0.25, 0.3) is 0 Å². The molecule has 8 heteroatoms. The van der Waals surface area contributed by atoms with Gasteiger partial charge in [-0.15, -0.1) is 0 Å². The van der Waals surface area contributed by atoms with Gasteiger partial charge in [-0.1, -0.05) is 35.9 Å². The number of carbonyl (C=O) groups excluding carboxylic acids is 2. The molecule has 0 aliphatic carbocycles. The van der Waals surface area contributed by atoms with Crippen molar-refractivity contribution in [3.63, 3.8) is 0 Å². The quantitative estimate of drug-likeness (QED) is 0.221. The predicted octanol–water partition coefficient (Wildman–Crippen LogP) is 3.89. The van der Waals surface area contributed by atoms with Crippen LogP contribution < -0.4 is 10.2 Å². The molecular formula is C22H17N3O5. The number of nitro benzene ring substituents is 1. The summed E-state index contributed by atoms with van der Waals surface area (Å²) < 4.78 is 5.21. The van der Waals surface area contributed by atoms with Crippen LogP contribution in [-0.4, -0.2) is 23.0 Å². The van der Waals surface area contributed by atoms with Gasteiger partial charge in [0.2, 0.25) is 5.75 Å². The number of nitro groups is 1. The third kappa shape index (κ3) is 5.14. The molecule has 30 heavy (non-hydrogen) atoms. The Balaban J connectivity index is 1.74. The van der Waals surface area contributed by atoms with Gasteiger partial charge in [0.1, 0.15) is 0 Å². The normalized spacial score (nSPS) is 10.6. The molecule has 0 aliphatic heterocycles. The van der Waals surface area contributed by atoms with E-state index >= 15 is 0 Å². The molecule has 0 atom stereocenters. The average Bonchev–Trinajstić information content (AvgIpc) is 2.75. The molecule has 0 aromatic heterocycles. The van der Waals surface area contributed by atoms with Crippen molar-refractivity contribution in [1.82, 2.24) is 5.43 Å². The van der Waals surface area contributed by atoms with Crippen LogP contribution in [0.4, 0.5) is 5.69 Å². The number of ether oxygens (including phenoxy) is 1. The minimum Gasteiger partial charge on any atom is -0.416 e. The first-order chi connectivity index (χ1) is 14.4. The maximum absolute atomic E-state index is 12.3. The van der Waals surface area contributed by atoms with Crippen LogP contribution in [0.15, 0.2) is 77.9 Å². The van der Waals surface area contributed by atoms with Crippen molar-refractivity contribution in [2.24, 2.45) is 5.10 Å². The molecule has 150 valence electrons. The Bertz CT molecular complexity index is 1130. The minimum atomic E-state index is -0.696. The summed E-state index contributed by atoms with van der Waals surface area (Å²) >= 11 is 0. The van der Waals surface area contributed by atoms with E-state index in [1.165, 1.54) is 24.4 Å². The molecule has 0 bridgehead atoms. The van der Waals surface area contributed by atoms with Gasteiger partial charge in [0.15, 0.2) is 0 Å². The molecular weight excluding hydrogens is 386 g/mol. The van der Waals surface area contributed by atoms with Crippen molar-refractivity contribution in [3.05, 3.63) is 105 Å². The predicted molar refractivity (Wildman–Crippen MR) is 111 cm³/mol. The second-order valence-corrected chi connectivity index (χ2v) is 6.31. The van der Waals surface area contributed by atoms with E-state index in [0.29, 0.717) is 16.7 Å². The van der Waals surface area contributed by atoms with Gasteiger partial charge in [0.25, 0.3) is 5.91 Å². The number of benzene rings is 3. The highest BCUT2D eigenvalue weighted by atomic mass is 16.6. The second kappa shape index (κ2) is 9.24. The number of aryl methyl sites for hydroxylation is 1. The standard InChI is InChI=1S/C22H17N3O5/c1-15-6-5-9-18(12-15)22(27)30-20-11-10-16(13-19(20)25(28)29)14-23-24-21(26)17-7-3-2-4-8-17/h2-14H,1H3,(H,24,26). The number of rotatable bonds is 6. The highest BCUT2D eigenvalue weighted by Crippen LogP contribution is 2.28. The Morgan fingerprint density at radius 1 is 1.00 bits per heavy atom. The first-order valence-corrected chi connectivity index (χ1v) is 8.90. The molecule has 0 saturated heterocycles. The number of nitrogens with one attached hydrogen (secondary N) is 1. The topological polar surface area (TPSA) is 111 Å². The minimum absolute atomic E-state index is 0.183. The van der Waals surface area contributed by atoms with Crippen molar-refractivity contribution in [2.75, 3.05) is 0 Å². The van der Waals surface area contributed by atoms with Gasteiger partial charge < -0.3 is 4.74 Å². The smallest absolute Gasteiger partial charge is 0.343 e. The van der Waals surface area contributed by atoms with E-state index in [0.717, 1.165) is 5.56 Å². The van der Waals surface area contributed by atoms with Crippen molar-refractivity contribution < 1.29 is 19.2 Å². The van der Waals surface area contributed by atoms with Gasteiger partial charge >= 0.3 is 11.7 Å². The summed E-state index contributed by atoms with van der Waals surface area (Å²) in [4.78, 5) is 35.0. The molecule has 8 nitrogen and oxygen atoms in total. The van der Waals surface area contributed by atoms with Crippen LogP contribution >= 0.6 is 0 Å². The number of hydrogen-bond acceptors (Lipinski definition) is 6. The van der Waals surface area contributed by atoms with Crippen LogP contribution in [-0.2, 0) is 0 Å². The number of hydrazone groups is 1. The van der Waals surface area contributed by atoms with Gasteiger partial charge in [0, 0.05) is 17.2 Å².